The van der Waals surface area contributed by atoms with E-state index in [4.69, 9.17) is 16.3 Å². The number of aliphatic hydroxyl groups excluding tert-OH is 2. The van der Waals surface area contributed by atoms with Crippen molar-refractivity contribution >= 4 is 22.5 Å². The lowest BCUT2D eigenvalue weighted by Crippen LogP contribution is -2.44. The van der Waals surface area contributed by atoms with Crippen LogP contribution in [0, 0.1) is 5.41 Å². The van der Waals surface area contributed by atoms with Crippen molar-refractivity contribution in [1.82, 2.24) is 15.3 Å². The fourth-order valence-corrected chi connectivity index (χ4v) is 5.65. The molecule has 1 fully saturated rings. The number of nitrogens with one attached hydrogen (secondary N) is 1. The van der Waals surface area contributed by atoms with E-state index < -0.39 is 12.2 Å². The Labute approximate surface area is 212 Å². The van der Waals surface area contributed by atoms with E-state index in [1.54, 1.807) is 13.3 Å². The minimum Gasteiger partial charge on any atom is -0.497 e. The molecule has 4 rings (SSSR count). The molecule has 0 aliphatic carbocycles. The molecule has 3 N–H and O–H groups in total. The molecule has 2 aromatic heterocycles. The summed E-state index contributed by atoms with van der Waals surface area (Å²) in [7, 11) is 1.62. The third kappa shape index (κ3) is 6.31. The lowest BCUT2D eigenvalue weighted by Gasteiger charge is -2.42. The maximum absolute atomic E-state index is 11.3. The molecule has 0 spiro atoms. The standard InChI is InChI=1S/C28H36ClN3O3/c1-35-21-9-10-24-22(18-21)27(23(29)19-32-24)25(33)11-12-28(13-16-30-17-14-28)26(34)8-3-2-6-20-7-4-5-15-31-20/h4-5,7,9-10,15,18-19,25-26,30,33-34H,2-3,6,8,11-14,16-17H2,1H3/t25-,26+/m1/s1. The average molecular weight is 498 g/mol. The summed E-state index contributed by atoms with van der Waals surface area (Å²) < 4.78 is 5.38. The van der Waals surface area contributed by atoms with Crippen molar-refractivity contribution in [3.63, 3.8) is 0 Å². The summed E-state index contributed by atoms with van der Waals surface area (Å²) >= 11 is 6.52. The zero-order valence-corrected chi connectivity index (χ0v) is 21.2. The summed E-state index contributed by atoms with van der Waals surface area (Å²) in [5, 5.41) is 27.3. The largest absolute Gasteiger partial charge is 0.497 e. The number of unbranched alkanes of at least 4 members (excludes halogenated alkanes) is 1. The van der Waals surface area contributed by atoms with E-state index in [9.17, 15) is 10.2 Å². The molecular weight excluding hydrogens is 462 g/mol. The molecule has 3 aromatic rings. The van der Waals surface area contributed by atoms with Gasteiger partial charge in [-0.1, -0.05) is 24.1 Å². The van der Waals surface area contributed by atoms with Crippen LogP contribution in [0.25, 0.3) is 10.9 Å². The van der Waals surface area contributed by atoms with Crippen molar-refractivity contribution in [2.75, 3.05) is 20.2 Å². The van der Waals surface area contributed by atoms with E-state index in [2.05, 4.69) is 21.4 Å². The highest BCUT2D eigenvalue weighted by atomic mass is 35.5. The minimum absolute atomic E-state index is 0.204. The maximum atomic E-state index is 11.3. The molecule has 0 unspecified atom stereocenters. The Bertz CT molecular complexity index is 1090. The number of fused-ring (bicyclic) bond motifs is 1. The number of pyridine rings is 2. The summed E-state index contributed by atoms with van der Waals surface area (Å²) in [6.45, 7) is 1.77. The second-order valence-electron chi connectivity index (χ2n) is 9.65. The van der Waals surface area contributed by atoms with Crippen LogP contribution in [0.1, 0.15) is 62.3 Å². The predicted octanol–water partition coefficient (Wildman–Crippen LogP) is 5.25. The van der Waals surface area contributed by atoms with Crippen LogP contribution in [-0.4, -0.2) is 46.5 Å². The van der Waals surface area contributed by atoms with Crippen LogP contribution >= 0.6 is 11.6 Å². The second-order valence-corrected chi connectivity index (χ2v) is 10.1. The molecule has 6 nitrogen and oxygen atoms in total. The highest BCUT2D eigenvalue weighted by Crippen LogP contribution is 2.43. The molecule has 7 heteroatoms. The van der Waals surface area contributed by atoms with Gasteiger partial charge < -0.3 is 20.3 Å². The van der Waals surface area contributed by atoms with E-state index in [0.29, 0.717) is 22.8 Å². The van der Waals surface area contributed by atoms with Gasteiger partial charge in [0.05, 0.1) is 29.9 Å². The van der Waals surface area contributed by atoms with Crippen molar-refractivity contribution in [3.8, 4) is 5.75 Å². The first-order chi connectivity index (χ1) is 17.0. The van der Waals surface area contributed by atoms with Gasteiger partial charge in [-0.3, -0.25) is 9.97 Å². The molecule has 1 aliphatic rings. The normalized spacial score (nSPS) is 17.3. The van der Waals surface area contributed by atoms with Gasteiger partial charge in [-0.05, 0) is 93.8 Å². The number of halogens is 1. The highest BCUT2D eigenvalue weighted by Gasteiger charge is 2.39. The Morgan fingerprint density at radius 1 is 1.09 bits per heavy atom. The molecule has 3 heterocycles. The number of aromatic nitrogens is 2. The molecule has 0 bridgehead atoms. The van der Waals surface area contributed by atoms with Crippen molar-refractivity contribution in [2.45, 2.75) is 63.6 Å². The van der Waals surface area contributed by atoms with Gasteiger partial charge in [-0.25, -0.2) is 0 Å². The molecule has 0 radical (unpaired) electrons. The minimum atomic E-state index is -0.747. The quantitative estimate of drug-likeness (QED) is 0.314. The molecule has 1 aliphatic heterocycles. The first-order valence-electron chi connectivity index (χ1n) is 12.6. The Hall–Kier alpha value is -2.25. The summed E-state index contributed by atoms with van der Waals surface area (Å²) in [6, 6.07) is 11.6. The topological polar surface area (TPSA) is 87.5 Å². The lowest BCUT2D eigenvalue weighted by molar-refractivity contribution is -0.0212. The molecule has 0 amide bonds. The highest BCUT2D eigenvalue weighted by molar-refractivity contribution is 6.32. The lowest BCUT2D eigenvalue weighted by atomic mass is 9.69. The van der Waals surface area contributed by atoms with Gasteiger partial charge in [0.1, 0.15) is 5.75 Å². The van der Waals surface area contributed by atoms with Crippen LogP contribution in [0.3, 0.4) is 0 Å². The smallest absolute Gasteiger partial charge is 0.119 e. The van der Waals surface area contributed by atoms with Crippen molar-refractivity contribution in [3.05, 3.63) is 65.1 Å². The third-order valence-corrected chi connectivity index (χ3v) is 7.81. The van der Waals surface area contributed by atoms with Gasteiger partial charge in [0, 0.05) is 29.0 Å². The SMILES string of the molecule is COc1ccc2ncc(Cl)c([C@H](O)CCC3([C@@H](O)CCCCc4ccccn4)CCNCC3)c2c1. The van der Waals surface area contributed by atoms with Gasteiger partial charge in [-0.15, -0.1) is 0 Å². The summed E-state index contributed by atoms with van der Waals surface area (Å²) in [4.78, 5) is 8.80. The van der Waals surface area contributed by atoms with E-state index in [0.717, 1.165) is 74.6 Å². The number of aryl methyl sites for hydroxylation is 1. The predicted molar refractivity (Wildman–Crippen MR) is 140 cm³/mol. The van der Waals surface area contributed by atoms with Gasteiger partial charge in [-0.2, -0.15) is 0 Å². The van der Waals surface area contributed by atoms with Crippen molar-refractivity contribution in [1.29, 1.82) is 0 Å². The monoisotopic (exact) mass is 497 g/mol. The number of nitrogens with zero attached hydrogens (tertiary/aromatic N) is 2. The molecule has 0 saturated carbocycles. The molecule has 1 aromatic carbocycles. The maximum Gasteiger partial charge on any atom is 0.119 e. The van der Waals surface area contributed by atoms with Gasteiger partial charge in [0.15, 0.2) is 0 Å². The zero-order chi connectivity index (χ0) is 24.7. The van der Waals surface area contributed by atoms with Crippen LogP contribution in [-0.2, 0) is 6.42 Å². The van der Waals surface area contributed by atoms with Crippen LogP contribution in [0.2, 0.25) is 5.02 Å². The van der Waals surface area contributed by atoms with E-state index >= 15 is 0 Å². The Morgan fingerprint density at radius 3 is 2.66 bits per heavy atom. The summed E-state index contributed by atoms with van der Waals surface area (Å²) in [5.74, 6) is 0.700. The van der Waals surface area contributed by atoms with Gasteiger partial charge in [0.25, 0.3) is 0 Å². The number of ether oxygens (including phenoxy) is 1. The number of benzene rings is 1. The fraction of sp³-hybridized carbons (Fsp3) is 0.500. The number of rotatable bonds is 11. The molecule has 1 saturated heterocycles. The van der Waals surface area contributed by atoms with E-state index in [-0.39, 0.29) is 5.41 Å². The molecule has 188 valence electrons. The third-order valence-electron chi connectivity index (χ3n) is 7.51. The average Bonchev–Trinajstić information content (AvgIpc) is 2.90. The first-order valence-corrected chi connectivity index (χ1v) is 13.0. The van der Waals surface area contributed by atoms with Gasteiger partial charge in [0.2, 0.25) is 0 Å². The van der Waals surface area contributed by atoms with Gasteiger partial charge >= 0.3 is 0 Å². The zero-order valence-electron chi connectivity index (χ0n) is 20.4. The number of hydrogen-bond acceptors (Lipinski definition) is 6. The van der Waals surface area contributed by atoms with E-state index in [1.165, 1.54) is 0 Å². The van der Waals surface area contributed by atoms with E-state index in [1.807, 2.05) is 36.5 Å². The molecule has 2 atom stereocenters. The Kier molecular flexibility index (Phi) is 8.95. The van der Waals surface area contributed by atoms with Crippen molar-refractivity contribution < 1.29 is 14.9 Å². The number of aliphatic hydroxyl groups is 2. The number of hydrogen-bond donors (Lipinski definition) is 3. The Balaban J connectivity index is 1.43. The fourth-order valence-electron chi connectivity index (χ4n) is 5.37. The number of piperidine rings is 1. The van der Waals surface area contributed by atoms with Crippen molar-refractivity contribution in [2.24, 2.45) is 5.41 Å². The van der Waals surface area contributed by atoms with Crippen LogP contribution in [0.5, 0.6) is 5.75 Å². The Morgan fingerprint density at radius 2 is 1.91 bits per heavy atom. The molecule has 35 heavy (non-hydrogen) atoms. The van der Waals surface area contributed by atoms with Crippen LogP contribution < -0.4 is 10.1 Å². The second kappa shape index (κ2) is 12.1. The summed E-state index contributed by atoms with van der Waals surface area (Å²) in [6.07, 6.45) is 9.01. The van der Waals surface area contributed by atoms with Crippen LogP contribution in [0.15, 0.2) is 48.8 Å². The van der Waals surface area contributed by atoms with Crippen LogP contribution in [0.4, 0.5) is 0 Å². The summed E-state index contributed by atoms with van der Waals surface area (Å²) in [5.41, 5.74) is 2.35. The first kappa shape index (κ1) is 25.8. The molecular formula is C28H36ClN3O3. The number of methoxy groups -OCH3 is 1.